The average Bonchev–Trinajstić information content (AvgIpc) is 3.07. The third-order valence-electron chi connectivity index (χ3n) is 6.07. The summed E-state index contributed by atoms with van der Waals surface area (Å²) in [5.74, 6) is 0.817. The van der Waals surface area contributed by atoms with Crippen molar-refractivity contribution in [3.05, 3.63) is 88.2 Å². The van der Waals surface area contributed by atoms with E-state index in [-0.39, 0.29) is 113 Å². The van der Waals surface area contributed by atoms with Gasteiger partial charge >= 0.3 is 145 Å². The van der Waals surface area contributed by atoms with Crippen LogP contribution < -0.4 is 128 Å². The first-order chi connectivity index (χ1) is 24.8. The number of carbonyl (C=O) groups excluding carboxylic acids is 1. The first kappa shape index (κ1) is 67.7. The number of carboxylic acids is 2. The van der Waals surface area contributed by atoms with Crippen LogP contribution in [0, 0.1) is 28.6 Å². The topological polar surface area (TPSA) is 188 Å². The molecule has 2 unspecified atom stereocenters. The van der Waals surface area contributed by atoms with Crippen molar-refractivity contribution in [2.24, 2.45) is 11.5 Å². The predicted molar refractivity (Wildman–Crippen MR) is 303 cm³/mol. The molecule has 0 aromatic heterocycles. The van der Waals surface area contributed by atoms with E-state index in [1.165, 1.54) is 0 Å². The number of benzene rings is 4. The maximum absolute atomic E-state index is 10.9. The van der Waals surface area contributed by atoms with E-state index < -0.39 is 24.0 Å². The van der Waals surface area contributed by atoms with Crippen LogP contribution in [0.1, 0.15) is 11.1 Å². The largest absolute Gasteiger partial charge is 1.00 e. The molecule has 26 heteroatoms. The minimum atomic E-state index is -1.27. The number of carbonyl (C=O) groups is 2. The Labute approximate surface area is 553 Å². The van der Waals surface area contributed by atoms with E-state index in [9.17, 15) is 24.9 Å². The molecule has 0 aliphatic carbocycles. The Morgan fingerprint density at radius 3 is 1.07 bits per heavy atom. The third-order valence-corrected chi connectivity index (χ3v) is 12.6. The van der Waals surface area contributed by atoms with Gasteiger partial charge in [0.05, 0.1) is 34.5 Å². The van der Waals surface area contributed by atoms with Crippen molar-refractivity contribution >= 4 is 267 Å². The smallest absolute Gasteiger partial charge is 0.548 e. The van der Waals surface area contributed by atoms with Crippen LogP contribution in [-0.4, -0.2) is 39.3 Å². The van der Waals surface area contributed by atoms with Gasteiger partial charge in [-0.1, -0.05) is 0 Å². The van der Waals surface area contributed by atoms with Gasteiger partial charge in [-0.3, -0.25) is 4.79 Å². The number of halogens is 13. The SMILES string of the molecule is II.I[I-]I.NC(Cc1cc(I)c(Oc2cc(I)c(O)c(I)c2)c(I)c1)C(=O)O.NC(Cc1cc(I)c(Oc2cc(I)c(O)c(I)c2)c(I)c1)C(=O)[O-].[Na+].[Na+].[Na+]. The van der Waals surface area contributed by atoms with Gasteiger partial charge in [-0.15, -0.1) is 0 Å². The molecule has 0 spiro atoms. The van der Waals surface area contributed by atoms with Gasteiger partial charge in [0.2, 0.25) is 0 Å². The van der Waals surface area contributed by atoms with Gasteiger partial charge in [-0.25, -0.2) is 0 Å². The summed E-state index contributed by atoms with van der Waals surface area (Å²) in [6, 6.07) is 12.5. The zero-order valence-corrected chi connectivity index (χ0v) is 62.7. The van der Waals surface area contributed by atoms with Crippen molar-refractivity contribution in [3.8, 4) is 34.5 Å². The molecule has 0 aliphatic heterocycles. The fraction of sp³-hybridized carbons (Fsp3) is 0.133. The van der Waals surface area contributed by atoms with Gasteiger partial charge < -0.3 is 46.2 Å². The molecule has 56 heavy (non-hydrogen) atoms. The van der Waals surface area contributed by atoms with E-state index >= 15 is 0 Å². The normalized spacial score (nSPS) is 10.8. The molecule has 0 saturated heterocycles. The zero-order valence-electron chi connectivity index (χ0n) is 28.6. The molecule has 0 fully saturated rings. The number of phenolic OH excluding ortho intramolecular Hbond substituents is 2. The number of rotatable bonds is 10. The van der Waals surface area contributed by atoms with Crippen LogP contribution >= 0.6 is 255 Å². The summed E-state index contributed by atoms with van der Waals surface area (Å²) in [7, 11) is 0. The van der Waals surface area contributed by atoms with Gasteiger partial charge in [0, 0.05) is 43.3 Å². The van der Waals surface area contributed by atoms with Crippen molar-refractivity contribution in [1.29, 1.82) is 0 Å². The molecule has 0 saturated carbocycles. The van der Waals surface area contributed by atoms with E-state index in [2.05, 4.69) is 210 Å². The second-order valence-corrected chi connectivity index (χ2v) is 35.3. The van der Waals surface area contributed by atoms with Crippen LogP contribution in [0.15, 0.2) is 48.5 Å². The fourth-order valence-corrected chi connectivity index (χ4v) is 11.4. The quantitative estimate of drug-likeness (QED) is 0.101. The number of ether oxygens (including phenoxy) is 2. The number of hydrogen-bond acceptors (Lipinski definition) is 9. The Balaban J connectivity index is -0.000000858. The summed E-state index contributed by atoms with van der Waals surface area (Å²) in [6.45, 7) is 0. The minimum absolute atomic E-state index is 0. The summed E-state index contributed by atoms with van der Waals surface area (Å²) < 4.78 is 18.2. The molecule has 4 aromatic carbocycles. The molecule has 4 rings (SSSR count). The van der Waals surface area contributed by atoms with Crippen molar-refractivity contribution in [2.45, 2.75) is 24.9 Å². The van der Waals surface area contributed by atoms with E-state index in [0.717, 1.165) is 25.4 Å². The molecule has 0 aliphatic rings. The molecule has 2 atom stereocenters. The molecule has 0 bridgehead atoms. The number of aromatic hydroxyl groups is 2. The number of nitrogens with two attached hydrogens (primary N) is 2. The van der Waals surface area contributed by atoms with Crippen LogP contribution in [0.4, 0.5) is 0 Å². The van der Waals surface area contributed by atoms with Crippen LogP contribution in [0.3, 0.4) is 0 Å². The third kappa shape index (κ3) is 24.6. The molecule has 0 amide bonds. The summed E-state index contributed by atoms with van der Waals surface area (Å²) in [4.78, 5) is 21.7. The molecule has 0 radical (unpaired) electrons. The van der Waals surface area contributed by atoms with Crippen molar-refractivity contribution < 1.29 is 141 Å². The average molecular weight is 2260 g/mol. The van der Waals surface area contributed by atoms with Crippen molar-refractivity contribution in [2.75, 3.05) is 0 Å². The Kier molecular flexibility index (Phi) is 44.0. The molecule has 10 nitrogen and oxygen atoms in total. The number of carboxylic acid groups (broad SMARTS) is 2. The molecule has 0 heterocycles. The van der Waals surface area contributed by atoms with E-state index in [1.807, 2.05) is 69.4 Å². The summed E-state index contributed by atoms with van der Waals surface area (Å²) in [5.41, 5.74) is 12.8. The zero-order chi connectivity index (χ0) is 40.7. The van der Waals surface area contributed by atoms with Gasteiger partial charge in [0.1, 0.15) is 29.0 Å². The van der Waals surface area contributed by atoms with E-state index in [0.29, 0.717) is 50.5 Å². The fourth-order valence-electron chi connectivity index (χ4n) is 3.77. The van der Waals surface area contributed by atoms with E-state index in [1.54, 1.807) is 24.3 Å². The minimum Gasteiger partial charge on any atom is -0.548 e. The Bertz CT molecular complexity index is 1680. The van der Waals surface area contributed by atoms with Crippen LogP contribution in [-0.2, 0) is 22.4 Å². The first-order valence-electron chi connectivity index (χ1n) is 13.4. The monoisotopic (exact) mass is 2260 g/mol. The van der Waals surface area contributed by atoms with Crippen LogP contribution in [0.2, 0.25) is 0 Å². The first-order valence-corrected chi connectivity index (χ1v) is 40.9. The van der Waals surface area contributed by atoms with Gasteiger partial charge in [0.15, 0.2) is 11.5 Å². The molecule has 7 N–H and O–H groups in total. The number of aliphatic carboxylic acids is 2. The second kappa shape index (κ2) is 36.4. The number of phenols is 2. The van der Waals surface area contributed by atoms with Crippen molar-refractivity contribution in [3.63, 3.8) is 0 Å². The van der Waals surface area contributed by atoms with Gasteiger partial charge in [-0.2, -0.15) is 0 Å². The Hall–Kier alpha value is 7.43. The maximum Gasteiger partial charge on any atom is 1.00 e. The van der Waals surface area contributed by atoms with Gasteiger partial charge in [-0.05, 0) is 253 Å². The predicted octanol–water partition coefficient (Wildman–Crippen LogP) is -0.661. The Morgan fingerprint density at radius 1 is 0.589 bits per heavy atom. The van der Waals surface area contributed by atoms with E-state index in [4.69, 9.17) is 26.0 Å². The van der Waals surface area contributed by atoms with Gasteiger partial charge in [0.25, 0.3) is 0 Å². The summed E-state index contributed by atoms with van der Waals surface area (Å²) >= 11 is 26.3. The molecular weight excluding hydrogens is 2240 g/mol. The second-order valence-electron chi connectivity index (χ2n) is 9.78. The Morgan fingerprint density at radius 2 is 0.839 bits per heavy atom. The van der Waals surface area contributed by atoms with Crippen LogP contribution in [0.25, 0.3) is 0 Å². The standard InChI is InChI=1S/2C15H11I4NO4.I3.I2.3Na/c2*16-8-4-7(5-9(17)13(8)21)24-14-10(18)1-6(2-11(14)19)3-12(20)15(22)23;1-3-2;1-2;;;/h2*1-2,4-5,12,21H,3,20H2,(H,22,23);;;;;/q;;-1;;3*+1/p-1. The molecule has 4 aromatic rings. The van der Waals surface area contributed by atoms with Crippen LogP contribution in [0.5, 0.6) is 34.5 Å². The van der Waals surface area contributed by atoms with Crippen molar-refractivity contribution in [1.82, 2.24) is 0 Å². The molecule has 292 valence electrons. The maximum atomic E-state index is 10.9. The molecular formula is C30H21I13N2Na3O8+. The summed E-state index contributed by atoms with van der Waals surface area (Å²) in [5, 5.41) is 39.4. The number of hydrogen-bond donors (Lipinski definition) is 5. The summed E-state index contributed by atoms with van der Waals surface area (Å²) in [6.07, 6.45) is 0.459.